The number of fused-ring (bicyclic) bond motifs is 1. The number of rotatable bonds is 1. The van der Waals surface area contributed by atoms with Gasteiger partial charge in [0.05, 0.1) is 0 Å². The Balaban J connectivity index is 2.02. The summed E-state index contributed by atoms with van der Waals surface area (Å²) in [5.74, 6) is 0.889. The van der Waals surface area contributed by atoms with Gasteiger partial charge in [0.15, 0.2) is 0 Å². The lowest BCUT2D eigenvalue weighted by atomic mass is 10.0. The summed E-state index contributed by atoms with van der Waals surface area (Å²) in [6.45, 7) is 0.594. The van der Waals surface area contributed by atoms with Gasteiger partial charge in [-0.15, -0.1) is 0 Å². The van der Waals surface area contributed by atoms with E-state index in [2.05, 4.69) is 34.1 Å². The van der Waals surface area contributed by atoms with Crippen molar-refractivity contribution in [1.29, 1.82) is 0 Å². The summed E-state index contributed by atoms with van der Waals surface area (Å²) in [6, 6.07) is 13.9. The van der Waals surface area contributed by atoms with E-state index in [9.17, 15) is 0 Å². The van der Waals surface area contributed by atoms with Gasteiger partial charge in [-0.3, -0.25) is 0 Å². The maximum absolute atomic E-state index is 6.00. The zero-order valence-electron chi connectivity index (χ0n) is 9.49. The number of halogens is 2. The third-order valence-electron chi connectivity index (χ3n) is 2.90. The second kappa shape index (κ2) is 4.79. The average molecular weight is 322 g/mol. The highest BCUT2D eigenvalue weighted by molar-refractivity contribution is 9.10. The third kappa shape index (κ3) is 2.31. The standard InChI is InChI=1S/C15H10BrClO/c16-13-3-1-10(2-4-13)12-7-11-8-14(17)5-6-15(11)18-9-12/h1-8H,9H2. The first-order chi connectivity index (χ1) is 8.72. The van der Waals surface area contributed by atoms with E-state index in [0.717, 1.165) is 26.4 Å². The molecule has 0 fully saturated rings. The molecule has 1 aliphatic heterocycles. The minimum atomic E-state index is 0.594. The summed E-state index contributed by atoms with van der Waals surface area (Å²) in [7, 11) is 0. The highest BCUT2D eigenvalue weighted by Gasteiger charge is 2.12. The fourth-order valence-corrected chi connectivity index (χ4v) is 2.42. The van der Waals surface area contributed by atoms with Crippen LogP contribution in [0, 0.1) is 0 Å². The SMILES string of the molecule is Clc1ccc2c(c1)C=C(c1ccc(Br)cc1)CO2. The van der Waals surface area contributed by atoms with E-state index in [1.807, 2.05) is 30.3 Å². The van der Waals surface area contributed by atoms with E-state index in [1.54, 1.807) is 0 Å². The minimum absolute atomic E-state index is 0.594. The summed E-state index contributed by atoms with van der Waals surface area (Å²) in [4.78, 5) is 0. The smallest absolute Gasteiger partial charge is 0.127 e. The van der Waals surface area contributed by atoms with E-state index >= 15 is 0 Å². The van der Waals surface area contributed by atoms with Crippen LogP contribution in [0.3, 0.4) is 0 Å². The summed E-state index contributed by atoms with van der Waals surface area (Å²) >= 11 is 9.44. The fourth-order valence-electron chi connectivity index (χ4n) is 1.98. The second-order valence-electron chi connectivity index (χ2n) is 4.15. The Labute approximate surface area is 119 Å². The Morgan fingerprint density at radius 3 is 2.61 bits per heavy atom. The normalized spacial score (nSPS) is 13.6. The number of benzene rings is 2. The van der Waals surface area contributed by atoms with Crippen LogP contribution in [0.4, 0.5) is 0 Å². The summed E-state index contributed by atoms with van der Waals surface area (Å²) in [5.41, 5.74) is 3.37. The van der Waals surface area contributed by atoms with Crippen LogP contribution in [0.5, 0.6) is 5.75 Å². The molecule has 1 heterocycles. The zero-order chi connectivity index (χ0) is 12.5. The van der Waals surface area contributed by atoms with Crippen molar-refractivity contribution >= 4 is 39.2 Å². The van der Waals surface area contributed by atoms with E-state index < -0.39 is 0 Å². The van der Waals surface area contributed by atoms with Gasteiger partial charge in [-0.25, -0.2) is 0 Å². The molecule has 0 aliphatic carbocycles. The molecule has 0 unspecified atom stereocenters. The van der Waals surface area contributed by atoms with Crippen molar-refractivity contribution in [2.24, 2.45) is 0 Å². The van der Waals surface area contributed by atoms with Crippen LogP contribution < -0.4 is 4.74 Å². The molecule has 0 saturated heterocycles. The van der Waals surface area contributed by atoms with Crippen LogP contribution in [-0.4, -0.2) is 6.61 Å². The van der Waals surface area contributed by atoms with Crippen molar-refractivity contribution in [2.45, 2.75) is 0 Å². The average Bonchev–Trinajstić information content (AvgIpc) is 2.38. The molecule has 1 aliphatic rings. The predicted molar refractivity (Wildman–Crippen MR) is 79.0 cm³/mol. The van der Waals surface area contributed by atoms with E-state index in [-0.39, 0.29) is 0 Å². The lowest BCUT2D eigenvalue weighted by molar-refractivity contribution is 0.366. The highest BCUT2D eigenvalue weighted by atomic mass is 79.9. The number of ether oxygens (including phenoxy) is 1. The number of hydrogen-bond acceptors (Lipinski definition) is 1. The molecular formula is C15H10BrClO. The minimum Gasteiger partial charge on any atom is -0.488 e. The van der Waals surface area contributed by atoms with E-state index in [1.165, 1.54) is 5.56 Å². The van der Waals surface area contributed by atoms with Gasteiger partial charge in [0, 0.05) is 15.1 Å². The van der Waals surface area contributed by atoms with E-state index in [4.69, 9.17) is 16.3 Å². The molecule has 0 spiro atoms. The lowest BCUT2D eigenvalue weighted by Crippen LogP contribution is -2.06. The molecule has 3 heteroatoms. The Morgan fingerprint density at radius 2 is 1.83 bits per heavy atom. The predicted octanol–water partition coefficient (Wildman–Crippen LogP) is 5.04. The van der Waals surface area contributed by atoms with Gasteiger partial charge in [0.2, 0.25) is 0 Å². The molecule has 0 aromatic heterocycles. The molecule has 0 amide bonds. The molecule has 3 rings (SSSR count). The molecule has 2 aromatic carbocycles. The largest absolute Gasteiger partial charge is 0.488 e. The van der Waals surface area contributed by atoms with E-state index in [0.29, 0.717) is 6.61 Å². The van der Waals surface area contributed by atoms with Crippen molar-refractivity contribution in [1.82, 2.24) is 0 Å². The summed E-state index contributed by atoms with van der Waals surface area (Å²) in [6.07, 6.45) is 2.13. The first-order valence-electron chi connectivity index (χ1n) is 5.61. The Hall–Kier alpha value is -1.25. The van der Waals surface area contributed by atoms with Crippen molar-refractivity contribution < 1.29 is 4.74 Å². The summed E-state index contributed by atoms with van der Waals surface area (Å²) in [5, 5.41) is 0.727. The molecule has 18 heavy (non-hydrogen) atoms. The number of hydrogen-bond donors (Lipinski definition) is 0. The molecule has 90 valence electrons. The lowest BCUT2D eigenvalue weighted by Gasteiger charge is -2.18. The molecule has 0 bridgehead atoms. The zero-order valence-corrected chi connectivity index (χ0v) is 11.8. The van der Waals surface area contributed by atoms with Gasteiger partial charge in [-0.05, 0) is 47.5 Å². The molecule has 0 atom stereocenters. The molecule has 2 aromatic rings. The van der Waals surface area contributed by atoms with Crippen LogP contribution in [0.25, 0.3) is 11.6 Å². The molecule has 1 nitrogen and oxygen atoms in total. The van der Waals surface area contributed by atoms with Gasteiger partial charge in [0.25, 0.3) is 0 Å². The Bertz CT molecular complexity index is 617. The van der Waals surface area contributed by atoms with Crippen LogP contribution in [-0.2, 0) is 0 Å². The van der Waals surface area contributed by atoms with Crippen molar-refractivity contribution in [3.8, 4) is 5.75 Å². The maximum atomic E-state index is 6.00. The van der Waals surface area contributed by atoms with Gasteiger partial charge in [-0.1, -0.05) is 39.7 Å². The molecule has 0 N–H and O–H groups in total. The van der Waals surface area contributed by atoms with Crippen molar-refractivity contribution in [2.75, 3.05) is 6.61 Å². The molecule has 0 saturated carbocycles. The van der Waals surface area contributed by atoms with Crippen LogP contribution in [0.2, 0.25) is 5.02 Å². The van der Waals surface area contributed by atoms with Gasteiger partial charge in [-0.2, -0.15) is 0 Å². The second-order valence-corrected chi connectivity index (χ2v) is 5.50. The van der Waals surface area contributed by atoms with Crippen LogP contribution >= 0.6 is 27.5 Å². The topological polar surface area (TPSA) is 9.23 Å². The first kappa shape index (κ1) is 11.8. The Kier molecular flexibility index (Phi) is 3.14. The van der Waals surface area contributed by atoms with Gasteiger partial charge >= 0.3 is 0 Å². The molecular weight excluding hydrogens is 312 g/mol. The fraction of sp³-hybridized carbons (Fsp3) is 0.0667. The Morgan fingerprint density at radius 1 is 1.06 bits per heavy atom. The van der Waals surface area contributed by atoms with Crippen LogP contribution in [0.1, 0.15) is 11.1 Å². The first-order valence-corrected chi connectivity index (χ1v) is 6.78. The quantitative estimate of drug-likeness (QED) is 0.715. The molecule has 0 radical (unpaired) electrons. The third-order valence-corrected chi connectivity index (χ3v) is 3.66. The highest BCUT2D eigenvalue weighted by Crippen LogP contribution is 2.32. The van der Waals surface area contributed by atoms with Gasteiger partial charge in [0.1, 0.15) is 12.4 Å². The van der Waals surface area contributed by atoms with Gasteiger partial charge < -0.3 is 4.74 Å². The van der Waals surface area contributed by atoms with Crippen molar-refractivity contribution in [3.05, 3.63) is 63.1 Å². The maximum Gasteiger partial charge on any atom is 0.127 e. The van der Waals surface area contributed by atoms with Crippen molar-refractivity contribution in [3.63, 3.8) is 0 Å². The van der Waals surface area contributed by atoms with Crippen LogP contribution in [0.15, 0.2) is 46.9 Å². The summed E-state index contributed by atoms with van der Waals surface area (Å²) < 4.78 is 6.81. The monoisotopic (exact) mass is 320 g/mol.